The molecule has 4 amide bonds. The van der Waals surface area contributed by atoms with Gasteiger partial charge in [0.25, 0.3) is 5.91 Å². The summed E-state index contributed by atoms with van der Waals surface area (Å²) >= 11 is 0. The van der Waals surface area contributed by atoms with Crippen molar-refractivity contribution in [1.29, 1.82) is 0 Å². The number of hydrogen-bond acceptors (Lipinski definition) is 5. The molecule has 0 bridgehead atoms. The molecule has 2 aromatic rings. The Kier molecular flexibility index (Phi) is 6.95. The third-order valence-corrected chi connectivity index (χ3v) is 6.45. The fourth-order valence-electron chi connectivity index (χ4n) is 4.77. The molecule has 2 aromatic carbocycles. The molecular weight excluding hydrogens is 434 g/mol. The summed E-state index contributed by atoms with van der Waals surface area (Å²) in [5.74, 6) is -1.21. The van der Waals surface area contributed by atoms with Crippen LogP contribution in [0.5, 0.6) is 0 Å². The van der Waals surface area contributed by atoms with Crippen LogP contribution in [0.1, 0.15) is 54.4 Å². The molecule has 34 heavy (non-hydrogen) atoms. The van der Waals surface area contributed by atoms with Gasteiger partial charge in [-0.05, 0) is 61.7 Å². The molecule has 0 aromatic heterocycles. The van der Waals surface area contributed by atoms with Crippen LogP contribution in [0.4, 0.5) is 16.2 Å². The number of amides is 4. The highest BCUT2D eigenvalue weighted by molar-refractivity contribution is 6.22. The molecule has 2 aliphatic rings. The van der Waals surface area contributed by atoms with E-state index in [2.05, 4.69) is 10.1 Å². The first-order valence-corrected chi connectivity index (χ1v) is 11.6. The number of urea groups is 1. The third-order valence-electron chi connectivity index (χ3n) is 6.45. The average Bonchev–Trinajstić information content (AvgIpc) is 3.08. The van der Waals surface area contributed by atoms with E-state index in [0.29, 0.717) is 16.9 Å². The van der Waals surface area contributed by atoms with Crippen molar-refractivity contribution in [3.63, 3.8) is 0 Å². The number of benzene rings is 2. The first-order chi connectivity index (χ1) is 16.4. The minimum Gasteiger partial charge on any atom is -0.465 e. The second kappa shape index (κ2) is 10.1. The van der Waals surface area contributed by atoms with Gasteiger partial charge < -0.3 is 15.0 Å². The second-order valence-electron chi connectivity index (χ2n) is 8.83. The molecule has 1 aliphatic heterocycles. The number of aryl methyl sites for hydroxylation is 1. The van der Waals surface area contributed by atoms with E-state index in [1.807, 2.05) is 19.1 Å². The van der Waals surface area contributed by atoms with E-state index in [1.165, 1.54) is 12.0 Å². The van der Waals surface area contributed by atoms with E-state index in [-0.39, 0.29) is 30.3 Å². The number of methoxy groups -OCH3 is 1. The molecule has 0 unspecified atom stereocenters. The van der Waals surface area contributed by atoms with Crippen molar-refractivity contribution in [3.05, 3.63) is 59.7 Å². The number of ether oxygens (including phenoxy) is 1. The summed E-state index contributed by atoms with van der Waals surface area (Å²) in [6.07, 6.45) is 4.63. The van der Waals surface area contributed by atoms with Gasteiger partial charge in [-0.3, -0.25) is 9.59 Å². The zero-order valence-electron chi connectivity index (χ0n) is 19.5. The van der Waals surface area contributed by atoms with Crippen molar-refractivity contribution in [3.8, 4) is 0 Å². The standard InChI is InChI=1S/C26H29N3O5/c1-17-7-6-10-21(15-17)29-24(31)22(28(26(29)33)20-8-4-3-5-9-20)16-23(30)27-19-13-11-18(12-14-19)25(32)34-2/h6-7,10-15,20,22H,3-5,8-9,16H2,1-2H3,(H,27,30)/t22-/m0/s1. The Balaban J connectivity index is 1.54. The fraction of sp³-hybridized carbons (Fsp3) is 0.385. The topological polar surface area (TPSA) is 96.0 Å². The van der Waals surface area contributed by atoms with Crippen molar-refractivity contribution in [1.82, 2.24) is 4.90 Å². The summed E-state index contributed by atoms with van der Waals surface area (Å²) in [6, 6.07) is 12.3. The summed E-state index contributed by atoms with van der Waals surface area (Å²) in [4.78, 5) is 54.3. The predicted molar refractivity (Wildman–Crippen MR) is 128 cm³/mol. The van der Waals surface area contributed by atoms with Crippen LogP contribution in [0, 0.1) is 6.92 Å². The zero-order valence-corrected chi connectivity index (χ0v) is 19.5. The van der Waals surface area contributed by atoms with E-state index in [0.717, 1.165) is 37.7 Å². The van der Waals surface area contributed by atoms with Crippen LogP contribution >= 0.6 is 0 Å². The van der Waals surface area contributed by atoms with Crippen molar-refractivity contribution >= 4 is 35.2 Å². The zero-order chi connectivity index (χ0) is 24.2. The lowest BCUT2D eigenvalue weighted by Crippen LogP contribution is -2.45. The second-order valence-corrected chi connectivity index (χ2v) is 8.83. The van der Waals surface area contributed by atoms with Gasteiger partial charge in [0.1, 0.15) is 6.04 Å². The van der Waals surface area contributed by atoms with E-state index in [9.17, 15) is 19.2 Å². The fourth-order valence-corrected chi connectivity index (χ4v) is 4.77. The van der Waals surface area contributed by atoms with Crippen molar-refractivity contribution in [2.75, 3.05) is 17.3 Å². The quantitative estimate of drug-likeness (QED) is 0.510. The maximum Gasteiger partial charge on any atom is 0.337 e. The summed E-state index contributed by atoms with van der Waals surface area (Å²) < 4.78 is 4.69. The van der Waals surface area contributed by atoms with Crippen LogP contribution in [-0.2, 0) is 14.3 Å². The molecule has 8 heteroatoms. The number of nitrogens with zero attached hydrogens (tertiary/aromatic N) is 2. The molecule has 1 N–H and O–H groups in total. The number of imide groups is 1. The Morgan fingerprint density at radius 3 is 2.38 bits per heavy atom. The Morgan fingerprint density at radius 2 is 1.74 bits per heavy atom. The summed E-state index contributed by atoms with van der Waals surface area (Å²) in [5, 5.41) is 2.78. The molecule has 178 valence electrons. The minimum absolute atomic E-state index is 0.0582. The van der Waals surface area contributed by atoms with Gasteiger partial charge in [-0.25, -0.2) is 14.5 Å². The van der Waals surface area contributed by atoms with E-state index >= 15 is 0 Å². The Labute approximate surface area is 198 Å². The minimum atomic E-state index is -0.856. The molecule has 4 rings (SSSR count). The van der Waals surface area contributed by atoms with E-state index in [4.69, 9.17) is 0 Å². The van der Waals surface area contributed by atoms with Crippen LogP contribution < -0.4 is 10.2 Å². The molecule has 1 aliphatic carbocycles. The number of nitrogens with one attached hydrogen (secondary N) is 1. The van der Waals surface area contributed by atoms with Crippen LogP contribution in [0.2, 0.25) is 0 Å². The van der Waals surface area contributed by atoms with Gasteiger partial charge in [0.2, 0.25) is 5.91 Å². The molecule has 1 heterocycles. The van der Waals surface area contributed by atoms with Crippen LogP contribution in [0.25, 0.3) is 0 Å². The van der Waals surface area contributed by atoms with Crippen molar-refractivity contribution in [2.24, 2.45) is 0 Å². The Bertz CT molecular complexity index is 1090. The predicted octanol–water partition coefficient (Wildman–Crippen LogP) is 4.28. The van der Waals surface area contributed by atoms with Crippen molar-refractivity contribution < 1.29 is 23.9 Å². The normalized spacial score (nSPS) is 18.8. The van der Waals surface area contributed by atoms with E-state index < -0.39 is 12.0 Å². The Morgan fingerprint density at radius 1 is 1.03 bits per heavy atom. The number of esters is 1. The smallest absolute Gasteiger partial charge is 0.337 e. The SMILES string of the molecule is COC(=O)c1ccc(NC(=O)C[C@H]2C(=O)N(c3cccc(C)c3)C(=O)N2C2CCCCC2)cc1. The highest BCUT2D eigenvalue weighted by Crippen LogP contribution is 2.33. The molecule has 0 radical (unpaired) electrons. The van der Waals surface area contributed by atoms with Crippen LogP contribution in [0.15, 0.2) is 48.5 Å². The molecule has 1 atom stereocenters. The maximum absolute atomic E-state index is 13.5. The Hall–Kier alpha value is -3.68. The molecule has 8 nitrogen and oxygen atoms in total. The molecule has 1 saturated heterocycles. The lowest BCUT2D eigenvalue weighted by molar-refractivity contribution is -0.125. The lowest BCUT2D eigenvalue weighted by Gasteiger charge is -2.33. The van der Waals surface area contributed by atoms with Crippen molar-refractivity contribution in [2.45, 2.75) is 57.5 Å². The molecule has 1 saturated carbocycles. The van der Waals surface area contributed by atoms with Gasteiger partial charge >= 0.3 is 12.0 Å². The maximum atomic E-state index is 13.5. The number of carbonyl (C=O) groups is 4. The molecular formula is C26H29N3O5. The van der Waals surface area contributed by atoms with E-state index in [1.54, 1.807) is 41.3 Å². The third kappa shape index (κ3) is 4.81. The van der Waals surface area contributed by atoms with Gasteiger partial charge in [0, 0.05) is 11.7 Å². The van der Waals surface area contributed by atoms with Crippen LogP contribution in [-0.4, -0.2) is 47.9 Å². The summed E-state index contributed by atoms with van der Waals surface area (Å²) in [5.41, 5.74) is 2.33. The van der Waals surface area contributed by atoms with Gasteiger partial charge in [0.15, 0.2) is 0 Å². The number of anilines is 2. The number of hydrogen-bond donors (Lipinski definition) is 1. The first-order valence-electron chi connectivity index (χ1n) is 11.6. The lowest BCUT2D eigenvalue weighted by atomic mass is 9.93. The monoisotopic (exact) mass is 463 g/mol. The average molecular weight is 464 g/mol. The highest BCUT2D eigenvalue weighted by Gasteiger charge is 2.49. The van der Waals surface area contributed by atoms with Gasteiger partial charge in [-0.2, -0.15) is 0 Å². The first kappa shape index (κ1) is 23.5. The van der Waals surface area contributed by atoms with Gasteiger partial charge in [-0.1, -0.05) is 31.4 Å². The van der Waals surface area contributed by atoms with Gasteiger partial charge in [0.05, 0.1) is 24.8 Å². The summed E-state index contributed by atoms with van der Waals surface area (Å²) in [6.45, 7) is 1.91. The highest BCUT2D eigenvalue weighted by atomic mass is 16.5. The number of carbonyl (C=O) groups excluding carboxylic acids is 4. The summed E-state index contributed by atoms with van der Waals surface area (Å²) in [7, 11) is 1.30. The molecule has 0 spiro atoms. The van der Waals surface area contributed by atoms with Gasteiger partial charge in [-0.15, -0.1) is 0 Å². The van der Waals surface area contributed by atoms with Crippen LogP contribution in [0.3, 0.4) is 0 Å². The number of rotatable bonds is 6. The largest absolute Gasteiger partial charge is 0.465 e. The molecule has 2 fully saturated rings.